The van der Waals surface area contributed by atoms with E-state index in [1.54, 1.807) is 13.8 Å². The highest BCUT2D eigenvalue weighted by atomic mass is 16.3. The average molecular weight is 272 g/mol. The molecule has 0 aromatic rings. The van der Waals surface area contributed by atoms with E-state index in [4.69, 9.17) is 30.6 Å². The molecule has 0 amide bonds. The van der Waals surface area contributed by atoms with Crippen LogP contribution in [-0.4, -0.2) is 69.3 Å². The number of hydrogen-bond acceptors (Lipinski definition) is 6. The molecule has 0 saturated heterocycles. The van der Waals surface area contributed by atoms with Crippen LogP contribution in [0.1, 0.15) is 40.5 Å². The summed E-state index contributed by atoms with van der Waals surface area (Å²) in [6, 6.07) is 0. The van der Waals surface area contributed by atoms with Gasteiger partial charge in [0.15, 0.2) is 0 Å². The zero-order valence-electron chi connectivity index (χ0n) is 12.1. The molecule has 0 aliphatic carbocycles. The molecule has 0 aromatic carbocycles. The predicted molar refractivity (Wildman–Crippen MR) is 72.3 cm³/mol. The number of aliphatic hydroxyl groups is 6. The van der Waals surface area contributed by atoms with Crippen molar-refractivity contribution in [3.8, 4) is 0 Å². The maximum Gasteiger partial charge on any atom is 0.0742 e. The molecular weight excluding hydrogens is 240 g/mol. The summed E-state index contributed by atoms with van der Waals surface area (Å²) in [6.07, 6.45) is 0.648. The van der Waals surface area contributed by atoms with Crippen molar-refractivity contribution >= 4 is 0 Å². The molecular formula is C12H32O6. The minimum absolute atomic E-state index is 0.0938. The van der Waals surface area contributed by atoms with Gasteiger partial charge in [-0.25, -0.2) is 0 Å². The lowest BCUT2D eigenvalue weighted by Crippen LogP contribution is -2.03. The summed E-state index contributed by atoms with van der Waals surface area (Å²) < 4.78 is 0. The van der Waals surface area contributed by atoms with Gasteiger partial charge in [0.25, 0.3) is 0 Å². The SMILES string of the molecule is CC(C)O.CC(O)CO.CCCO.OCCCO. The number of aliphatic hydroxyl groups excluding tert-OH is 6. The van der Waals surface area contributed by atoms with Crippen LogP contribution in [0.5, 0.6) is 0 Å². The largest absolute Gasteiger partial charge is 0.396 e. The Morgan fingerprint density at radius 1 is 0.778 bits per heavy atom. The van der Waals surface area contributed by atoms with Crippen LogP contribution in [-0.2, 0) is 0 Å². The standard InChI is InChI=1S/2C3H8O2.2C3H8O/c1-3(5)2-4;4-2-1-3-5;1-3(2)4;1-2-3-4/h3-5H,2H2,1H3;4-5H,1-3H2;3-4H,1-2H3;4H,2-3H2,1H3. The Morgan fingerprint density at radius 3 is 1.00 bits per heavy atom. The Balaban J connectivity index is -0.0000000731. The molecule has 6 heteroatoms. The van der Waals surface area contributed by atoms with Gasteiger partial charge in [-0.2, -0.15) is 0 Å². The minimum atomic E-state index is -0.560. The van der Waals surface area contributed by atoms with Crippen LogP contribution >= 0.6 is 0 Å². The van der Waals surface area contributed by atoms with Gasteiger partial charge in [-0.3, -0.25) is 0 Å². The molecule has 116 valence electrons. The van der Waals surface area contributed by atoms with E-state index in [2.05, 4.69) is 0 Å². The second kappa shape index (κ2) is 30.1. The van der Waals surface area contributed by atoms with Crippen molar-refractivity contribution in [2.45, 2.75) is 52.7 Å². The third-order valence-corrected chi connectivity index (χ3v) is 0.804. The summed E-state index contributed by atoms with van der Waals surface area (Å²) in [5.74, 6) is 0. The maximum absolute atomic E-state index is 8.11. The highest BCUT2D eigenvalue weighted by Crippen LogP contribution is 1.68. The Morgan fingerprint density at radius 2 is 1.00 bits per heavy atom. The second-order valence-electron chi connectivity index (χ2n) is 3.65. The van der Waals surface area contributed by atoms with Crippen LogP contribution in [0.4, 0.5) is 0 Å². The first-order valence-electron chi connectivity index (χ1n) is 6.13. The van der Waals surface area contributed by atoms with Gasteiger partial charge in [-0.1, -0.05) is 6.92 Å². The van der Waals surface area contributed by atoms with Crippen molar-refractivity contribution in [1.82, 2.24) is 0 Å². The van der Waals surface area contributed by atoms with E-state index in [1.807, 2.05) is 6.92 Å². The first-order valence-corrected chi connectivity index (χ1v) is 6.13. The van der Waals surface area contributed by atoms with Gasteiger partial charge in [-0.05, 0) is 33.6 Å². The Bertz CT molecular complexity index is 91.8. The van der Waals surface area contributed by atoms with Crippen molar-refractivity contribution in [2.75, 3.05) is 26.4 Å². The van der Waals surface area contributed by atoms with Crippen molar-refractivity contribution in [2.24, 2.45) is 0 Å². The van der Waals surface area contributed by atoms with Gasteiger partial charge in [0.05, 0.1) is 12.7 Å². The number of rotatable bonds is 4. The molecule has 0 aromatic heterocycles. The maximum atomic E-state index is 8.11. The molecule has 0 spiro atoms. The summed E-state index contributed by atoms with van der Waals surface area (Å²) >= 11 is 0. The fourth-order valence-corrected chi connectivity index (χ4v) is 0.0707. The highest BCUT2D eigenvalue weighted by molar-refractivity contribution is 4.34. The summed E-state index contributed by atoms with van der Waals surface area (Å²) in [5, 5.41) is 47.7. The molecule has 1 unspecified atom stereocenters. The van der Waals surface area contributed by atoms with E-state index in [9.17, 15) is 0 Å². The molecule has 0 heterocycles. The second-order valence-corrected chi connectivity index (χ2v) is 3.65. The lowest BCUT2D eigenvalue weighted by atomic mass is 10.5. The molecule has 0 aliphatic rings. The first-order chi connectivity index (χ1) is 8.33. The molecule has 0 radical (unpaired) electrons. The monoisotopic (exact) mass is 272 g/mol. The lowest BCUT2D eigenvalue weighted by molar-refractivity contribution is 0.110. The van der Waals surface area contributed by atoms with Crippen LogP contribution < -0.4 is 0 Å². The van der Waals surface area contributed by atoms with Gasteiger partial charge >= 0.3 is 0 Å². The third-order valence-electron chi connectivity index (χ3n) is 0.804. The third kappa shape index (κ3) is 152. The Labute approximate surface area is 111 Å². The Hall–Kier alpha value is -0.240. The van der Waals surface area contributed by atoms with Crippen molar-refractivity contribution in [3.63, 3.8) is 0 Å². The van der Waals surface area contributed by atoms with E-state index in [0.717, 1.165) is 6.42 Å². The molecule has 6 N–H and O–H groups in total. The van der Waals surface area contributed by atoms with Gasteiger partial charge in [0.2, 0.25) is 0 Å². The molecule has 6 nitrogen and oxygen atoms in total. The van der Waals surface area contributed by atoms with Crippen molar-refractivity contribution in [1.29, 1.82) is 0 Å². The summed E-state index contributed by atoms with van der Waals surface area (Å²) in [5.41, 5.74) is 0. The van der Waals surface area contributed by atoms with E-state index >= 15 is 0 Å². The lowest BCUT2D eigenvalue weighted by Gasteiger charge is -1.90. The van der Waals surface area contributed by atoms with Crippen LogP contribution in [0.2, 0.25) is 0 Å². The zero-order chi connectivity index (χ0) is 15.4. The van der Waals surface area contributed by atoms with Gasteiger partial charge in [0.1, 0.15) is 0 Å². The van der Waals surface area contributed by atoms with E-state index < -0.39 is 6.10 Å². The molecule has 0 rings (SSSR count). The molecule has 1 atom stereocenters. The highest BCUT2D eigenvalue weighted by Gasteiger charge is 1.83. The van der Waals surface area contributed by atoms with Crippen LogP contribution in [0.25, 0.3) is 0 Å². The molecule has 0 saturated carbocycles. The quantitative estimate of drug-likeness (QED) is 0.410. The molecule has 0 fully saturated rings. The van der Waals surface area contributed by atoms with E-state index in [0.29, 0.717) is 13.0 Å². The summed E-state index contributed by atoms with van der Waals surface area (Å²) in [6.45, 7) is 7.27. The van der Waals surface area contributed by atoms with Crippen LogP contribution in [0.3, 0.4) is 0 Å². The van der Waals surface area contributed by atoms with Gasteiger partial charge in [0, 0.05) is 25.9 Å². The van der Waals surface area contributed by atoms with Crippen molar-refractivity contribution in [3.05, 3.63) is 0 Å². The molecule has 0 bridgehead atoms. The van der Waals surface area contributed by atoms with E-state index in [-0.39, 0.29) is 25.9 Å². The first kappa shape index (κ1) is 26.3. The summed E-state index contributed by atoms with van der Waals surface area (Å²) in [7, 11) is 0. The Kier molecular flexibility index (Phi) is 44.1. The normalized spacial score (nSPS) is 10.2. The van der Waals surface area contributed by atoms with E-state index in [1.165, 1.54) is 6.92 Å². The van der Waals surface area contributed by atoms with Crippen molar-refractivity contribution < 1.29 is 30.6 Å². The van der Waals surface area contributed by atoms with Gasteiger partial charge in [-0.15, -0.1) is 0 Å². The van der Waals surface area contributed by atoms with Gasteiger partial charge < -0.3 is 30.6 Å². The topological polar surface area (TPSA) is 121 Å². The molecule has 18 heavy (non-hydrogen) atoms. The fraction of sp³-hybridized carbons (Fsp3) is 1.00. The minimum Gasteiger partial charge on any atom is -0.396 e. The zero-order valence-corrected chi connectivity index (χ0v) is 12.1. The average Bonchev–Trinajstić information content (AvgIpc) is 2.30. The van der Waals surface area contributed by atoms with Crippen LogP contribution in [0, 0.1) is 0 Å². The predicted octanol–water partition coefficient (Wildman–Crippen LogP) is -0.504. The summed E-state index contributed by atoms with van der Waals surface area (Å²) in [4.78, 5) is 0. The smallest absolute Gasteiger partial charge is 0.0742 e. The molecule has 0 aliphatic heterocycles. The van der Waals surface area contributed by atoms with Crippen LogP contribution in [0.15, 0.2) is 0 Å². The number of hydrogen-bond donors (Lipinski definition) is 6. The fourth-order valence-electron chi connectivity index (χ4n) is 0.0707.